The number of para-hydroxylation sites is 1. The van der Waals surface area contributed by atoms with E-state index in [1.54, 1.807) is 0 Å². The van der Waals surface area contributed by atoms with Crippen molar-refractivity contribution >= 4 is 32.7 Å². The van der Waals surface area contributed by atoms with Crippen LogP contribution in [0, 0.1) is 17.1 Å². The highest BCUT2D eigenvalue weighted by Crippen LogP contribution is 2.39. The van der Waals surface area contributed by atoms with Crippen LogP contribution in [-0.2, 0) is 0 Å². The van der Waals surface area contributed by atoms with Crippen molar-refractivity contribution in [3.05, 3.63) is 108 Å². The van der Waals surface area contributed by atoms with Gasteiger partial charge in [0.1, 0.15) is 17.0 Å². The zero-order valence-corrected chi connectivity index (χ0v) is 17.0. The van der Waals surface area contributed by atoms with E-state index >= 15 is 0 Å². The fraction of sp³-hybridized carbons (Fsp3) is 0. The lowest BCUT2D eigenvalue weighted by atomic mass is 9.90. The molecule has 1 heterocycles. The van der Waals surface area contributed by atoms with Crippen molar-refractivity contribution in [2.24, 2.45) is 0 Å². The zero-order chi connectivity index (χ0) is 21.7. The maximum Gasteiger partial charge on any atom is 0.135 e. The lowest BCUT2D eigenvalue weighted by Gasteiger charge is -2.13. The molecule has 0 saturated carbocycles. The van der Waals surface area contributed by atoms with Crippen LogP contribution in [0.25, 0.3) is 55.0 Å². The molecule has 0 aliphatic carbocycles. The van der Waals surface area contributed by atoms with Gasteiger partial charge in [-0.05, 0) is 63.9 Å². The Bertz CT molecular complexity index is 1700. The Balaban J connectivity index is 1.61. The van der Waals surface area contributed by atoms with E-state index in [-0.39, 0.29) is 5.82 Å². The van der Waals surface area contributed by atoms with Crippen LogP contribution < -0.4 is 0 Å². The molecule has 0 bridgehead atoms. The van der Waals surface area contributed by atoms with Crippen LogP contribution in [0.4, 0.5) is 4.39 Å². The molecular weight excluding hydrogens is 397 g/mol. The van der Waals surface area contributed by atoms with Gasteiger partial charge in [0.05, 0.1) is 11.6 Å². The third-order valence-corrected chi connectivity index (χ3v) is 6.00. The number of hydrogen-bond acceptors (Lipinski definition) is 2. The fourth-order valence-corrected chi connectivity index (χ4v) is 4.52. The van der Waals surface area contributed by atoms with E-state index < -0.39 is 0 Å². The molecule has 3 heteroatoms. The Kier molecular flexibility index (Phi) is 4.06. The summed E-state index contributed by atoms with van der Waals surface area (Å²) in [6.07, 6.45) is 0. The molecular formula is C29H16FNO. The first-order valence-electron chi connectivity index (χ1n) is 10.4. The van der Waals surface area contributed by atoms with E-state index in [0.29, 0.717) is 11.1 Å². The predicted molar refractivity (Wildman–Crippen MR) is 127 cm³/mol. The molecule has 0 saturated heterocycles. The number of rotatable bonds is 2. The topological polar surface area (TPSA) is 36.9 Å². The highest BCUT2D eigenvalue weighted by Gasteiger charge is 2.14. The SMILES string of the molecule is N#Cc1ccc(F)cc1-c1ccc(-c2ccc3oc4ccccc4c3c2)c2ccccc12. The minimum atomic E-state index is -0.357. The number of nitrogens with zero attached hydrogens (tertiary/aromatic N) is 1. The molecule has 0 aliphatic rings. The van der Waals surface area contributed by atoms with E-state index in [1.807, 2.05) is 54.6 Å². The number of benzene rings is 5. The largest absolute Gasteiger partial charge is 0.456 e. The third kappa shape index (κ3) is 2.78. The van der Waals surface area contributed by atoms with Crippen molar-refractivity contribution in [1.29, 1.82) is 5.26 Å². The Labute approximate surface area is 183 Å². The molecule has 0 aliphatic heterocycles. The standard InChI is InChI=1S/C29H16FNO/c30-20-11-9-19(17-31)26(16-20)24-13-12-21(22-5-1-2-6-23(22)24)18-10-14-29-27(15-18)25-7-3-4-8-28(25)32-29/h1-16H. The van der Waals surface area contributed by atoms with Gasteiger partial charge in [-0.25, -0.2) is 4.39 Å². The average Bonchev–Trinajstić information content (AvgIpc) is 3.21. The van der Waals surface area contributed by atoms with Gasteiger partial charge in [-0.1, -0.05) is 60.7 Å². The predicted octanol–water partition coefficient (Wildman–Crippen LogP) is 8.08. The summed E-state index contributed by atoms with van der Waals surface area (Å²) in [4.78, 5) is 0. The molecule has 0 spiro atoms. The number of hydrogen-bond donors (Lipinski definition) is 0. The molecule has 0 N–H and O–H groups in total. The quantitative estimate of drug-likeness (QED) is 0.288. The van der Waals surface area contributed by atoms with Gasteiger partial charge in [0.25, 0.3) is 0 Å². The summed E-state index contributed by atoms with van der Waals surface area (Å²) in [5.41, 5.74) is 5.78. The first-order chi connectivity index (χ1) is 15.7. The lowest BCUT2D eigenvalue weighted by Crippen LogP contribution is -1.90. The van der Waals surface area contributed by atoms with Crippen molar-refractivity contribution in [2.45, 2.75) is 0 Å². The first-order valence-corrected chi connectivity index (χ1v) is 10.4. The molecule has 0 radical (unpaired) electrons. The van der Waals surface area contributed by atoms with Gasteiger partial charge in [-0.2, -0.15) is 5.26 Å². The second-order valence-electron chi connectivity index (χ2n) is 7.82. The number of halogens is 1. The van der Waals surface area contributed by atoms with Gasteiger partial charge in [-0.3, -0.25) is 0 Å². The summed E-state index contributed by atoms with van der Waals surface area (Å²) in [5, 5.41) is 13.7. The molecule has 32 heavy (non-hydrogen) atoms. The molecule has 0 amide bonds. The first kappa shape index (κ1) is 18.4. The van der Waals surface area contributed by atoms with Crippen molar-refractivity contribution in [3.8, 4) is 28.3 Å². The van der Waals surface area contributed by atoms with Gasteiger partial charge >= 0.3 is 0 Å². The maximum atomic E-state index is 14.0. The average molecular weight is 413 g/mol. The van der Waals surface area contributed by atoms with E-state index in [0.717, 1.165) is 49.4 Å². The Morgan fingerprint density at radius 3 is 2.09 bits per heavy atom. The summed E-state index contributed by atoms with van der Waals surface area (Å²) in [7, 11) is 0. The van der Waals surface area contributed by atoms with E-state index in [1.165, 1.54) is 18.2 Å². The highest BCUT2D eigenvalue weighted by molar-refractivity contribution is 6.09. The summed E-state index contributed by atoms with van der Waals surface area (Å²) in [5.74, 6) is -0.357. The van der Waals surface area contributed by atoms with Crippen LogP contribution in [0.2, 0.25) is 0 Å². The molecule has 2 nitrogen and oxygen atoms in total. The molecule has 1 aromatic heterocycles. The zero-order valence-electron chi connectivity index (χ0n) is 17.0. The molecule has 0 fully saturated rings. The molecule has 6 rings (SSSR count). The van der Waals surface area contributed by atoms with Crippen LogP contribution in [-0.4, -0.2) is 0 Å². The lowest BCUT2D eigenvalue weighted by molar-refractivity contribution is 0.628. The number of furan rings is 1. The minimum Gasteiger partial charge on any atom is -0.456 e. The van der Waals surface area contributed by atoms with Crippen molar-refractivity contribution in [1.82, 2.24) is 0 Å². The smallest absolute Gasteiger partial charge is 0.135 e. The van der Waals surface area contributed by atoms with Crippen LogP contribution >= 0.6 is 0 Å². The van der Waals surface area contributed by atoms with Crippen LogP contribution in [0.15, 0.2) is 101 Å². The fourth-order valence-electron chi connectivity index (χ4n) is 4.52. The Morgan fingerprint density at radius 1 is 0.594 bits per heavy atom. The molecule has 6 aromatic rings. The van der Waals surface area contributed by atoms with Gasteiger partial charge in [0.2, 0.25) is 0 Å². The normalized spacial score (nSPS) is 11.2. The summed E-state index contributed by atoms with van der Waals surface area (Å²) < 4.78 is 20.0. The van der Waals surface area contributed by atoms with E-state index in [4.69, 9.17) is 4.42 Å². The second-order valence-corrected chi connectivity index (χ2v) is 7.82. The third-order valence-electron chi connectivity index (χ3n) is 6.00. The number of fused-ring (bicyclic) bond motifs is 4. The van der Waals surface area contributed by atoms with Crippen molar-refractivity contribution < 1.29 is 8.81 Å². The Morgan fingerprint density at radius 2 is 1.28 bits per heavy atom. The van der Waals surface area contributed by atoms with Gasteiger partial charge in [-0.15, -0.1) is 0 Å². The highest BCUT2D eigenvalue weighted by atomic mass is 19.1. The summed E-state index contributed by atoms with van der Waals surface area (Å²) >= 11 is 0. The van der Waals surface area contributed by atoms with Crippen LogP contribution in [0.5, 0.6) is 0 Å². The van der Waals surface area contributed by atoms with Gasteiger partial charge < -0.3 is 4.42 Å². The van der Waals surface area contributed by atoms with Crippen molar-refractivity contribution in [2.75, 3.05) is 0 Å². The summed E-state index contributed by atoms with van der Waals surface area (Å²) in [6, 6.07) is 32.8. The number of nitriles is 1. The molecule has 0 unspecified atom stereocenters. The summed E-state index contributed by atoms with van der Waals surface area (Å²) in [6.45, 7) is 0. The van der Waals surface area contributed by atoms with E-state index in [9.17, 15) is 9.65 Å². The van der Waals surface area contributed by atoms with Crippen molar-refractivity contribution in [3.63, 3.8) is 0 Å². The maximum absolute atomic E-state index is 14.0. The van der Waals surface area contributed by atoms with Gasteiger partial charge in [0, 0.05) is 16.3 Å². The Hall–Kier alpha value is -4.42. The molecule has 0 atom stereocenters. The minimum absolute atomic E-state index is 0.357. The molecule has 5 aromatic carbocycles. The van der Waals surface area contributed by atoms with Gasteiger partial charge in [0.15, 0.2) is 0 Å². The molecule has 150 valence electrons. The van der Waals surface area contributed by atoms with Crippen LogP contribution in [0.3, 0.4) is 0 Å². The van der Waals surface area contributed by atoms with E-state index in [2.05, 4.69) is 30.3 Å². The monoisotopic (exact) mass is 413 g/mol. The van der Waals surface area contributed by atoms with Crippen LogP contribution in [0.1, 0.15) is 5.56 Å². The second kappa shape index (κ2) is 7.08.